The van der Waals surface area contributed by atoms with E-state index < -0.39 is 0 Å². The summed E-state index contributed by atoms with van der Waals surface area (Å²) < 4.78 is 5.58. The third kappa shape index (κ3) is 5.24. The Hall–Kier alpha value is -1.53. The van der Waals surface area contributed by atoms with Crippen molar-refractivity contribution in [3.05, 3.63) is 23.7 Å². The predicted molar refractivity (Wildman–Crippen MR) is 96.1 cm³/mol. The normalized spacial score (nSPS) is 17.7. The van der Waals surface area contributed by atoms with E-state index in [0.29, 0.717) is 25.7 Å². The molecular formula is C18H32N4O2. The molecule has 2 amide bonds. The van der Waals surface area contributed by atoms with Gasteiger partial charge in [-0.2, -0.15) is 0 Å². The third-order valence-electron chi connectivity index (χ3n) is 4.83. The molecule has 6 nitrogen and oxygen atoms in total. The molecule has 0 aromatic carbocycles. The average molecular weight is 336 g/mol. The van der Waals surface area contributed by atoms with Crippen LogP contribution in [-0.2, 0) is 6.54 Å². The van der Waals surface area contributed by atoms with Crippen LogP contribution in [0.25, 0.3) is 0 Å². The van der Waals surface area contributed by atoms with Gasteiger partial charge < -0.3 is 19.5 Å². The van der Waals surface area contributed by atoms with E-state index in [2.05, 4.69) is 29.1 Å². The van der Waals surface area contributed by atoms with Crippen LogP contribution in [0.5, 0.6) is 0 Å². The fourth-order valence-electron chi connectivity index (χ4n) is 3.12. The molecule has 1 atom stereocenters. The van der Waals surface area contributed by atoms with E-state index >= 15 is 0 Å². The van der Waals surface area contributed by atoms with Crippen LogP contribution in [0.1, 0.15) is 31.8 Å². The molecule has 1 aromatic rings. The summed E-state index contributed by atoms with van der Waals surface area (Å²) in [7, 11) is 2.16. The maximum atomic E-state index is 12.5. The molecule has 1 N–H and O–H groups in total. The van der Waals surface area contributed by atoms with Gasteiger partial charge in [-0.05, 0) is 39.4 Å². The SMILES string of the molecule is CC[C@@H](CNC(=O)N(CC)Cc1ccc(C)o1)N1CCN(C)CC1. The van der Waals surface area contributed by atoms with Gasteiger partial charge in [-0.1, -0.05) is 6.92 Å². The van der Waals surface area contributed by atoms with E-state index in [9.17, 15) is 4.79 Å². The number of carbonyl (C=O) groups is 1. The van der Waals surface area contributed by atoms with Crippen molar-refractivity contribution >= 4 is 6.03 Å². The molecule has 0 aliphatic carbocycles. The Bertz CT molecular complexity index is 509. The van der Waals surface area contributed by atoms with Crippen LogP contribution in [0.15, 0.2) is 16.5 Å². The van der Waals surface area contributed by atoms with E-state index in [1.807, 2.05) is 26.0 Å². The molecule has 2 rings (SSSR count). The second-order valence-electron chi connectivity index (χ2n) is 6.61. The summed E-state index contributed by atoms with van der Waals surface area (Å²) in [5.41, 5.74) is 0. The number of nitrogens with zero attached hydrogens (tertiary/aromatic N) is 3. The van der Waals surface area contributed by atoms with Crippen LogP contribution < -0.4 is 5.32 Å². The molecule has 0 radical (unpaired) electrons. The van der Waals surface area contributed by atoms with E-state index in [-0.39, 0.29) is 6.03 Å². The summed E-state index contributed by atoms with van der Waals surface area (Å²) in [5.74, 6) is 1.71. The van der Waals surface area contributed by atoms with Gasteiger partial charge in [-0.15, -0.1) is 0 Å². The van der Waals surface area contributed by atoms with Crippen LogP contribution >= 0.6 is 0 Å². The highest BCUT2D eigenvalue weighted by atomic mass is 16.3. The van der Waals surface area contributed by atoms with Gasteiger partial charge in [-0.25, -0.2) is 4.79 Å². The van der Waals surface area contributed by atoms with Crippen molar-refractivity contribution < 1.29 is 9.21 Å². The molecule has 1 aliphatic rings. The van der Waals surface area contributed by atoms with Crippen LogP contribution in [0, 0.1) is 6.92 Å². The van der Waals surface area contributed by atoms with Crippen molar-refractivity contribution in [1.82, 2.24) is 20.0 Å². The molecule has 1 aliphatic heterocycles. The number of piperazine rings is 1. The molecule has 24 heavy (non-hydrogen) atoms. The monoisotopic (exact) mass is 336 g/mol. The van der Waals surface area contributed by atoms with Gasteiger partial charge in [0.15, 0.2) is 0 Å². The summed E-state index contributed by atoms with van der Waals surface area (Å²) >= 11 is 0. The van der Waals surface area contributed by atoms with Gasteiger partial charge in [0.05, 0.1) is 6.54 Å². The Morgan fingerprint density at radius 2 is 2.00 bits per heavy atom. The predicted octanol–water partition coefficient (Wildman–Crippen LogP) is 2.15. The topological polar surface area (TPSA) is 52.0 Å². The van der Waals surface area contributed by atoms with E-state index in [1.54, 1.807) is 4.90 Å². The molecule has 1 fully saturated rings. The molecular weight excluding hydrogens is 304 g/mol. The highest BCUT2D eigenvalue weighted by molar-refractivity contribution is 5.74. The Morgan fingerprint density at radius 1 is 1.29 bits per heavy atom. The molecule has 136 valence electrons. The highest BCUT2D eigenvalue weighted by Gasteiger charge is 2.22. The minimum Gasteiger partial charge on any atom is -0.464 e. The largest absolute Gasteiger partial charge is 0.464 e. The number of likely N-dealkylation sites (N-methyl/N-ethyl adjacent to an activating group) is 1. The summed E-state index contributed by atoms with van der Waals surface area (Å²) in [5, 5.41) is 3.11. The maximum Gasteiger partial charge on any atom is 0.317 e. The molecule has 0 spiro atoms. The first-order chi connectivity index (χ1) is 11.5. The number of furan rings is 1. The van der Waals surface area contributed by atoms with Crippen molar-refractivity contribution in [2.75, 3.05) is 46.3 Å². The first-order valence-corrected chi connectivity index (χ1v) is 9.04. The minimum absolute atomic E-state index is 0.0147. The Labute approximate surface area is 145 Å². The zero-order chi connectivity index (χ0) is 17.5. The molecule has 1 saturated heterocycles. The first-order valence-electron chi connectivity index (χ1n) is 9.04. The summed E-state index contributed by atoms with van der Waals surface area (Å²) in [6, 6.07) is 4.26. The van der Waals surface area contributed by atoms with Crippen molar-refractivity contribution in [3.8, 4) is 0 Å². The fourth-order valence-corrected chi connectivity index (χ4v) is 3.12. The second kappa shape index (κ2) is 9.08. The number of hydrogen-bond acceptors (Lipinski definition) is 4. The highest BCUT2D eigenvalue weighted by Crippen LogP contribution is 2.11. The van der Waals surface area contributed by atoms with Gasteiger partial charge >= 0.3 is 6.03 Å². The zero-order valence-electron chi connectivity index (χ0n) is 15.5. The van der Waals surface area contributed by atoms with Crippen LogP contribution in [0.4, 0.5) is 4.79 Å². The summed E-state index contributed by atoms with van der Waals surface area (Å²) in [6.45, 7) is 12.3. The van der Waals surface area contributed by atoms with Crippen LogP contribution in [0.2, 0.25) is 0 Å². The number of aryl methyl sites for hydroxylation is 1. The Morgan fingerprint density at radius 3 is 2.54 bits per heavy atom. The first kappa shape index (κ1) is 18.8. The van der Waals surface area contributed by atoms with E-state index in [0.717, 1.165) is 44.1 Å². The van der Waals surface area contributed by atoms with Gasteiger partial charge in [-0.3, -0.25) is 4.90 Å². The number of rotatable bonds is 7. The van der Waals surface area contributed by atoms with Crippen molar-refractivity contribution in [2.24, 2.45) is 0 Å². The third-order valence-corrected chi connectivity index (χ3v) is 4.83. The molecule has 0 unspecified atom stereocenters. The van der Waals surface area contributed by atoms with Crippen molar-refractivity contribution in [3.63, 3.8) is 0 Å². The van der Waals surface area contributed by atoms with Gasteiger partial charge in [0.1, 0.15) is 11.5 Å². The summed E-state index contributed by atoms with van der Waals surface area (Å²) in [6.07, 6.45) is 1.05. The number of nitrogens with one attached hydrogen (secondary N) is 1. The van der Waals surface area contributed by atoms with Gasteiger partial charge in [0.2, 0.25) is 0 Å². The van der Waals surface area contributed by atoms with E-state index in [4.69, 9.17) is 4.42 Å². The lowest BCUT2D eigenvalue weighted by Crippen LogP contribution is -2.53. The van der Waals surface area contributed by atoms with Crippen molar-refractivity contribution in [1.29, 1.82) is 0 Å². The lowest BCUT2D eigenvalue weighted by molar-refractivity contribution is 0.107. The second-order valence-corrected chi connectivity index (χ2v) is 6.61. The Balaban J connectivity index is 1.82. The van der Waals surface area contributed by atoms with Crippen molar-refractivity contribution in [2.45, 2.75) is 39.8 Å². The lowest BCUT2D eigenvalue weighted by atomic mass is 10.1. The van der Waals surface area contributed by atoms with Crippen LogP contribution in [0.3, 0.4) is 0 Å². The van der Waals surface area contributed by atoms with Crippen LogP contribution in [-0.4, -0.2) is 73.1 Å². The number of carbonyl (C=O) groups excluding carboxylic acids is 1. The number of urea groups is 1. The maximum absolute atomic E-state index is 12.5. The summed E-state index contributed by atoms with van der Waals surface area (Å²) in [4.78, 5) is 19.1. The quantitative estimate of drug-likeness (QED) is 0.829. The molecule has 0 saturated carbocycles. The number of amides is 2. The zero-order valence-corrected chi connectivity index (χ0v) is 15.5. The standard InChI is InChI=1S/C18H32N4O2/c1-5-16(22-11-9-20(4)10-12-22)13-19-18(23)21(6-2)14-17-8-7-15(3)24-17/h7-8,16H,5-6,9-14H2,1-4H3,(H,19,23)/t16-/m0/s1. The molecule has 2 heterocycles. The molecule has 1 aromatic heterocycles. The smallest absolute Gasteiger partial charge is 0.317 e. The minimum atomic E-state index is -0.0147. The average Bonchev–Trinajstić information content (AvgIpc) is 2.99. The Kier molecular flexibility index (Phi) is 7.12. The lowest BCUT2D eigenvalue weighted by Gasteiger charge is -2.38. The van der Waals surface area contributed by atoms with Gasteiger partial charge in [0, 0.05) is 45.3 Å². The van der Waals surface area contributed by atoms with E-state index in [1.165, 1.54) is 0 Å². The fraction of sp³-hybridized carbons (Fsp3) is 0.722. The number of hydrogen-bond donors (Lipinski definition) is 1. The molecule has 0 bridgehead atoms. The molecule has 6 heteroatoms. The van der Waals surface area contributed by atoms with Gasteiger partial charge in [0.25, 0.3) is 0 Å².